The van der Waals surface area contributed by atoms with Crippen LogP contribution >= 0.6 is 0 Å². The average Bonchev–Trinajstić information content (AvgIpc) is 3.20. The van der Waals surface area contributed by atoms with Gasteiger partial charge in [-0.25, -0.2) is 0 Å². The zero-order chi connectivity index (χ0) is 18.9. The predicted molar refractivity (Wildman–Crippen MR) is 101 cm³/mol. The molecular weight excluding hydrogens is 332 g/mol. The van der Waals surface area contributed by atoms with Crippen molar-refractivity contribution in [2.24, 2.45) is 5.92 Å². The van der Waals surface area contributed by atoms with Crippen LogP contribution in [0.1, 0.15) is 52.4 Å². The molecule has 2 aliphatic rings. The Bertz CT molecular complexity index is 487. The van der Waals surface area contributed by atoms with Crippen LogP contribution in [-0.2, 0) is 14.4 Å². The van der Waals surface area contributed by atoms with Crippen molar-refractivity contribution in [1.82, 2.24) is 20.4 Å². The number of nitrogens with one attached hydrogen (secondary N) is 2. The molecule has 2 aliphatic heterocycles. The maximum atomic E-state index is 12.5. The molecule has 0 spiro atoms. The van der Waals surface area contributed by atoms with E-state index in [1.807, 2.05) is 18.7 Å². The molecule has 148 valence electrons. The Morgan fingerprint density at radius 1 is 1.12 bits per heavy atom. The van der Waals surface area contributed by atoms with Gasteiger partial charge in [-0.3, -0.25) is 14.4 Å². The molecule has 2 unspecified atom stereocenters. The SMILES string of the molecule is CCN(CC)C(=O)CCC(=O)N1CCCC(CNC(=O)C2CCCN2)C1. The van der Waals surface area contributed by atoms with Crippen molar-refractivity contribution in [3.8, 4) is 0 Å². The van der Waals surface area contributed by atoms with E-state index in [-0.39, 0.29) is 36.6 Å². The zero-order valence-electron chi connectivity index (χ0n) is 16.3. The van der Waals surface area contributed by atoms with Gasteiger partial charge in [0.25, 0.3) is 0 Å². The highest BCUT2D eigenvalue weighted by Crippen LogP contribution is 2.17. The van der Waals surface area contributed by atoms with Gasteiger partial charge >= 0.3 is 0 Å². The predicted octanol–water partition coefficient (Wildman–Crippen LogP) is 0.742. The molecule has 0 aromatic carbocycles. The molecule has 2 fully saturated rings. The van der Waals surface area contributed by atoms with Crippen molar-refractivity contribution in [2.45, 2.75) is 58.4 Å². The number of hydrogen-bond acceptors (Lipinski definition) is 4. The van der Waals surface area contributed by atoms with Crippen LogP contribution in [0.25, 0.3) is 0 Å². The van der Waals surface area contributed by atoms with E-state index in [1.165, 1.54) is 0 Å². The lowest BCUT2D eigenvalue weighted by atomic mass is 9.97. The van der Waals surface area contributed by atoms with Crippen molar-refractivity contribution in [3.05, 3.63) is 0 Å². The Kier molecular flexibility index (Phi) is 8.35. The third-order valence-corrected chi connectivity index (χ3v) is 5.48. The van der Waals surface area contributed by atoms with Gasteiger partial charge in [-0.05, 0) is 52.0 Å². The summed E-state index contributed by atoms with van der Waals surface area (Å²) in [5.41, 5.74) is 0. The van der Waals surface area contributed by atoms with Crippen molar-refractivity contribution >= 4 is 17.7 Å². The number of carbonyl (C=O) groups is 3. The summed E-state index contributed by atoms with van der Waals surface area (Å²) in [4.78, 5) is 40.2. The Morgan fingerprint density at radius 2 is 1.88 bits per heavy atom. The third kappa shape index (κ3) is 5.97. The summed E-state index contributed by atoms with van der Waals surface area (Å²) >= 11 is 0. The Labute approximate surface area is 156 Å². The van der Waals surface area contributed by atoms with Gasteiger partial charge in [0.05, 0.1) is 6.04 Å². The largest absolute Gasteiger partial charge is 0.354 e. The smallest absolute Gasteiger partial charge is 0.237 e. The van der Waals surface area contributed by atoms with Gasteiger partial charge in [0.15, 0.2) is 0 Å². The van der Waals surface area contributed by atoms with E-state index < -0.39 is 0 Å². The highest BCUT2D eigenvalue weighted by Gasteiger charge is 2.26. The first-order chi connectivity index (χ1) is 12.5. The van der Waals surface area contributed by atoms with E-state index in [0.29, 0.717) is 32.1 Å². The molecule has 0 bridgehead atoms. The molecule has 0 saturated carbocycles. The van der Waals surface area contributed by atoms with Crippen molar-refractivity contribution < 1.29 is 14.4 Å². The monoisotopic (exact) mass is 366 g/mol. The van der Waals surface area contributed by atoms with Gasteiger partial charge in [0.1, 0.15) is 0 Å². The lowest BCUT2D eigenvalue weighted by Crippen LogP contribution is -2.46. The maximum Gasteiger partial charge on any atom is 0.237 e. The standard InChI is InChI=1S/C19H34N4O3/c1-3-22(4-2)17(24)9-10-18(25)23-12-6-7-15(14-23)13-21-19(26)16-8-5-11-20-16/h15-16,20H,3-14H2,1-2H3,(H,21,26). The number of carbonyl (C=O) groups excluding carboxylic acids is 3. The highest BCUT2D eigenvalue weighted by atomic mass is 16.2. The van der Waals surface area contributed by atoms with E-state index >= 15 is 0 Å². The van der Waals surface area contributed by atoms with E-state index in [4.69, 9.17) is 0 Å². The number of piperidine rings is 1. The molecule has 3 amide bonds. The quantitative estimate of drug-likeness (QED) is 0.664. The van der Waals surface area contributed by atoms with Crippen LogP contribution in [0.5, 0.6) is 0 Å². The number of likely N-dealkylation sites (tertiary alicyclic amines) is 1. The molecule has 0 aromatic heterocycles. The van der Waals surface area contributed by atoms with Gasteiger partial charge in [0.2, 0.25) is 17.7 Å². The molecular formula is C19H34N4O3. The summed E-state index contributed by atoms with van der Waals surface area (Å²) in [5, 5.41) is 6.24. The average molecular weight is 367 g/mol. The van der Waals surface area contributed by atoms with Gasteiger partial charge < -0.3 is 20.4 Å². The molecule has 26 heavy (non-hydrogen) atoms. The molecule has 0 aromatic rings. The van der Waals surface area contributed by atoms with Crippen LogP contribution in [0, 0.1) is 5.92 Å². The molecule has 7 heteroatoms. The minimum absolute atomic E-state index is 0.0493. The fourth-order valence-electron chi connectivity index (χ4n) is 3.84. The molecule has 2 N–H and O–H groups in total. The molecule has 0 aliphatic carbocycles. The van der Waals surface area contributed by atoms with Crippen LogP contribution in [0.3, 0.4) is 0 Å². The fraction of sp³-hybridized carbons (Fsp3) is 0.842. The van der Waals surface area contributed by atoms with Gasteiger partial charge in [-0.1, -0.05) is 0 Å². The molecule has 7 nitrogen and oxygen atoms in total. The Hall–Kier alpha value is -1.63. The first-order valence-corrected chi connectivity index (χ1v) is 10.1. The van der Waals surface area contributed by atoms with Crippen molar-refractivity contribution in [2.75, 3.05) is 39.3 Å². The number of hydrogen-bond donors (Lipinski definition) is 2. The second kappa shape index (κ2) is 10.5. The van der Waals surface area contributed by atoms with Crippen LogP contribution in [-0.4, -0.2) is 72.8 Å². The summed E-state index contributed by atoms with van der Waals surface area (Å²) in [6.07, 6.45) is 4.50. The minimum Gasteiger partial charge on any atom is -0.354 e. The summed E-state index contributed by atoms with van der Waals surface area (Å²) in [7, 11) is 0. The van der Waals surface area contributed by atoms with Crippen LogP contribution in [0.2, 0.25) is 0 Å². The topological polar surface area (TPSA) is 81.8 Å². The van der Waals surface area contributed by atoms with Crippen LogP contribution < -0.4 is 10.6 Å². The Balaban J connectivity index is 1.71. The lowest BCUT2D eigenvalue weighted by molar-refractivity contribution is -0.138. The molecule has 2 atom stereocenters. The van der Waals surface area contributed by atoms with E-state index in [1.54, 1.807) is 4.90 Å². The molecule has 2 rings (SSSR count). The first-order valence-electron chi connectivity index (χ1n) is 10.1. The second-order valence-electron chi connectivity index (χ2n) is 7.31. The number of nitrogens with zero attached hydrogens (tertiary/aromatic N) is 2. The van der Waals surface area contributed by atoms with Gasteiger partial charge in [-0.15, -0.1) is 0 Å². The van der Waals surface area contributed by atoms with Crippen molar-refractivity contribution in [1.29, 1.82) is 0 Å². The molecule has 0 radical (unpaired) electrons. The maximum absolute atomic E-state index is 12.5. The Morgan fingerprint density at radius 3 is 2.54 bits per heavy atom. The van der Waals surface area contributed by atoms with Crippen LogP contribution in [0.15, 0.2) is 0 Å². The summed E-state index contributed by atoms with van der Waals surface area (Å²) < 4.78 is 0. The van der Waals surface area contributed by atoms with Gasteiger partial charge in [0, 0.05) is 45.6 Å². The van der Waals surface area contributed by atoms with Crippen LogP contribution in [0.4, 0.5) is 0 Å². The third-order valence-electron chi connectivity index (χ3n) is 5.48. The summed E-state index contributed by atoms with van der Waals surface area (Å²) in [5.74, 6) is 0.486. The highest BCUT2D eigenvalue weighted by molar-refractivity contribution is 5.84. The normalized spacial score (nSPS) is 22.9. The zero-order valence-corrected chi connectivity index (χ0v) is 16.3. The lowest BCUT2D eigenvalue weighted by Gasteiger charge is -2.33. The second-order valence-corrected chi connectivity index (χ2v) is 7.31. The van der Waals surface area contributed by atoms with Gasteiger partial charge in [-0.2, -0.15) is 0 Å². The van der Waals surface area contributed by atoms with E-state index in [9.17, 15) is 14.4 Å². The van der Waals surface area contributed by atoms with E-state index in [0.717, 1.165) is 38.8 Å². The first kappa shape index (κ1) is 20.7. The summed E-state index contributed by atoms with van der Waals surface area (Å²) in [6.45, 7) is 8.25. The molecule has 2 saturated heterocycles. The molecule has 2 heterocycles. The minimum atomic E-state index is -0.0533. The summed E-state index contributed by atoms with van der Waals surface area (Å²) in [6, 6.07) is -0.0533. The number of rotatable bonds is 8. The van der Waals surface area contributed by atoms with E-state index in [2.05, 4.69) is 10.6 Å². The van der Waals surface area contributed by atoms with Crippen molar-refractivity contribution in [3.63, 3.8) is 0 Å². The number of amides is 3. The fourth-order valence-corrected chi connectivity index (χ4v) is 3.84.